The van der Waals surface area contributed by atoms with Crippen LogP contribution < -0.4 is 14.4 Å². The average molecular weight is 380 g/mol. The summed E-state index contributed by atoms with van der Waals surface area (Å²) in [6.07, 6.45) is 0.578. The SMILES string of the molecule is CN(C(=O)C1CC(=O)N(c2ccc3c(c2)OCO3)C1)C1CCS(=O)(=O)C1. The Kier molecular flexibility index (Phi) is 4.06. The third-order valence-corrected chi connectivity index (χ3v) is 7.00. The van der Waals surface area contributed by atoms with E-state index in [1.54, 1.807) is 30.1 Å². The van der Waals surface area contributed by atoms with Crippen LogP contribution in [0.15, 0.2) is 18.2 Å². The number of hydrogen-bond donors (Lipinski definition) is 0. The van der Waals surface area contributed by atoms with Crippen LogP contribution in [0.1, 0.15) is 12.8 Å². The van der Waals surface area contributed by atoms with Crippen molar-refractivity contribution in [1.82, 2.24) is 4.90 Å². The van der Waals surface area contributed by atoms with Crippen molar-refractivity contribution in [2.45, 2.75) is 18.9 Å². The number of carbonyl (C=O) groups is 2. The number of benzene rings is 1. The highest BCUT2D eigenvalue weighted by atomic mass is 32.2. The summed E-state index contributed by atoms with van der Waals surface area (Å²) in [7, 11) is -1.44. The van der Waals surface area contributed by atoms with Crippen LogP contribution >= 0.6 is 0 Å². The van der Waals surface area contributed by atoms with E-state index >= 15 is 0 Å². The summed E-state index contributed by atoms with van der Waals surface area (Å²) >= 11 is 0. The van der Waals surface area contributed by atoms with Crippen molar-refractivity contribution in [2.24, 2.45) is 5.92 Å². The molecule has 2 atom stereocenters. The molecule has 2 unspecified atom stereocenters. The Morgan fingerprint density at radius 1 is 1.27 bits per heavy atom. The van der Waals surface area contributed by atoms with E-state index in [1.807, 2.05) is 0 Å². The summed E-state index contributed by atoms with van der Waals surface area (Å²) < 4.78 is 33.9. The van der Waals surface area contributed by atoms with E-state index in [1.165, 1.54) is 4.90 Å². The van der Waals surface area contributed by atoms with Gasteiger partial charge in [0.05, 0.1) is 17.4 Å². The van der Waals surface area contributed by atoms with E-state index in [-0.39, 0.29) is 49.1 Å². The number of sulfone groups is 1. The molecule has 0 saturated carbocycles. The lowest BCUT2D eigenvalue weighted by Gasteiger charge is -2.26. The molecule has 3 aliphatic rings. The van der Waals surface area contributed by atoms with Gasteiger partial charge in [0.15, 0.2) is 21.3 Å². The van der Waals surface area contributed by atoms with E-state index in [0.717, 1.165) is 0 Å². The van der Waals surface area contributed by atoms with Gasteiger partial charge in [-0.05, 0) is 18.6 Å². The lowest BCUT2D eigenvalue weighted by molar-refractivity contribution is -0.136. The minimum atomic E-state index is -3.06. The second-order valence-corrected chi connectivity index (χ2v) is 9.18. The first-order chi connectivity index (χ1) is 12.3. The summed E-state index contributed by atoms with van der Waals surface area (Å²) in [4.78, 5) is 28.3. The average Bonchev–Trinajstić information content (AvgIpc) is 3.30. The van der Waals surface area contributed by atoms with Crippen LogP contribution in [0.3, 0.4) is 0 Å². The fourth-order valence-electron chi connectivity index (χ4n) is 3.72. The third kappa shape index (κ3) is 3.00. The van der Waals surface area contributed by atoms with Crippen LogP contribution in [0, 0.1) is 5.92 Å². The Morgan fingerprint density at radius 3 is 2.77 bits per heavy atom. The van der Waals surface area contributed by atoms with Gasteiger partial charge in [-0.25, -0.2) is 8.42 Å². The molecule has 3 aliphatic heterocycles. The largest absolute Gasteiger partial charge is 0.454 e. The van der Waals surface area contributed by atoms with Crippen molar-refractivity contribution in [3.05, 3.63) is 18.2 Å². The topological polar surface area (TPSA) is 93.2 Å². The zero-order valence-electron chi connectivity index (χ0n) is 14.4. The van der Waals surface area contributed by atoms with E-state index in [2.05, 4.69) is 0 Å². The molecule has 9 heteroatoms. The van der Waals surface area contributed by atoms with Gasteiger partial charge in [0.2, 0.25) is 18.6 Å². The fourth-order valence-corrected chi connectivity index (χ4v) is 5.50. The molecule has 8 nitrogen and oxygen atoms in total. The summed E-state index contributed by atoms with van der Waals surface area (Å²) in [5.74, 6) is 0.553. The van der Waals surface area contributed by atoms with Crippen LogP contribution in [0.4, 0.5) is 5.69 Å². The zero-order valence-corrected chi connectivity index (χ0v) is 15.2. The van der Waals surface area contributed by atoms with Gasteiger partial charge in [-0.15, -0.1) is 0 Å². The predicted octanol–water partition coefficient (Wildman–Crippen LogP) is 0.414. The highest BCUT2D eigenvalue weighted by molar-refractivity contribution is 7.91. The Bertz CT molecular complexity index is 868. The minimum Gasteiger partial charge on any atom is -0.454 e. The van der Waals surface area contributed by atoms with Gasteiger partial charge in [0.25, 0.3) is 0 Å². The molecule has 3 heterocycles. The lowest BCUT2D eigenvalue weighted by Crippen LogP contribution is -2.42. The molecule has 0 radical (unpaired) electrons. The first-order valence-corrected chi connectivity index (χ1v) is 10.3. The summed E-state index contributed by atoms with van der Waals surface area (Å²) in [6, 6.07) is 4.95. The number of amides is 2. The van der Waals surface area contributed by atoms with Gasteiger partial charge in [0, 0.05) is 37.8 Å². The van der Waals surface area contributed by atoms with Crippen molar-refractivity contribution in [3.63, 3.8) is 0 Å². The van der Waals surface area contributed by atoms with Crippen molar-refractivity contribution in [2.75, 3.05) is 36.8 Å². The second-order valence-electron chi connectivity index (χ2n) is 6.95. The number of ether oxygens (including phenoxy) is 2. The monoisotopic (exact) mass is 380 g/mol. The quantitative estimate of drug-likeness (QED) is 0.754. The van der Waals surface area contributed by atoms with E-state index in [9.17, 15) is 18.0 Å². The molecule has 0 bridgehead atoms. The molecule has 1 aromatic carbocycles. The Morgan fingerprint density at radius 2 is 2.04 bits per heavy atom. The molecular weight excluding hydrogens is 360 g/mol. The Hall–Kier alpha value is -2.29. The van der Waals surface area contributed by atoms with Gasteiger partial charge in [-0.3, -0.25) is 9.59 Å². The van der Waals surface area contributed by atoms with Gasteiger partial charge in [-0.2, -0.15) is 0 Å². The highest BCUT2D eigenvalue weighted by Crippen LogP contribution is 2.37. The number of rotatable bonds is 3. The first kappa shape index (κ1) is 17.1. The molecule has 140 valence electrons. The molecule has 0 spiro atoms. The third-order valence-electron chi connectivity index (χ3n) is 5.25. The van der Waals surface area contributed by atoms with Crippen molar-refractivity contribution in [1.29, 1.82) is 0 Å². The normalized spacial score (nSPS) is 26.3. The van der Waals surface area contributed by atoms with Gasteiger partial charge in [-0.1, -0.05) is 0 Å². The number of hydrogen-bond acceptors (Lipinski definition) is 6. The molecule has 0 N–H and O–H groups in total. The number of fused-ring (bicyclic) bond motifs is 1. The molecule has 1 aromatic rings. The maximum Gasteiger partial charge on any atom is 0.231 e. The summed E-state index contributed by atoms with van der Waals surface area (Å²) in [5, 5.41) is 0. The second kappa shape index (κ2) is 6.15. The lowest BCUT2D eigenvalue weighted by atomic mass is 10.1. The van der Waals surface area contributed by atoms with Crippen LogP contribution in [0.25, 0.3) is 0 Å². The van der Waals surface area contributed by atoms with Crippen LogP contribution in [0.5, 0.6) is 11.5 Å². The predicted molar refractivity (Wildman–Crippen MR) is 92.9 cm³/mol. The van der Waals surface area contributed by atoms with Gasteiger partial charge in [0.1, 0.15) is 0 Å². The smallest absolute Gasteiger partial charge is 0.231 e. The molecule has 2 fully saturated rings. The molecule has 0 aromatic heterocycles. The van der Waals surface area contributed by atoms with Gasteiger partial charge >= 0.3 is 0 Å². The Balaban J connectivity index is 1.46. The fraction of sp³-hybridized carbons (Fsp3) is 0.529. The number of carbonyl (C=O) groups excluding carboxylic acids is 2. The maximum atomic E-state index is 12.8. The summed E-state index contributed by atoms with van der Waals surface area (Å²) in [5.41, 5.74) is 0.667. The molecule has 4 rings (SSSR count). The molecule has 2 amide bonds. The molecule has 0 aliphatic carbocycles. The zero-order chi connectivity index (χ0) is 18.5. The minimum absolute atomic E-state index is 0.00177. The van der Waals surface area contributed by atoms with Gasteiger partial charge < -0.3 is 19.3 Å². The molecule has 26 heavy (non-hydrogen) atoms. The van der Waals surface area contributed by atoms with E-state index in [4.69, 9.17) is 9.47 Å². The van der Waals surface area contributed by atoms with Crippen molar-refractivity contribution >= 4 is 27.3 Å². The van der Waals surface area contributed by atoms with E-state index in [0.29, 0.717) is 23.6 Å². The number of nitrogens with zero attached hydrogens (tertiary/aromatic N) is 2. The maximum absolute atomic E-state index is 12.8. The van der Waals surface area contributed by atoms with Crippen LogP contribution in [0.2, 0.25) is 0 Å². The molecular formula is C17H20N2O6S. The Labute approximate surface area is 151 Å². The van der Waals surface area contributed by atoms with Crippen LogP contribution in [-0.4, -0.2) is 63.1 Å². The van der Waals surface area contributed by atoms with Crippen molar-refractivity contribution in [3.8, 4) is 11.5 Å². The number of anilines is 1. The molecule has 2 saturated heterocycles. The first-order valence-electron chi connectivity index (χ1n) is 8.51. The highest BCUT2D eigenvalue weighted by Gasteiger charge is 2.40. The van der Waals surface area contributed by atoms with Crippen molar-refractivity contribution < 1.29 is 27.5 Å². The standard InChI is InChI=1S/C17H20N2O6S/c1-18(13-4-5-26(22,23)9-13)17(21)11-6-16(20)19(8-11)12-2-3-14-15(7-12)25-10-24-14/h2-3,7,11,13H,4-6,8-10H2,1H3. The van der Waals surface area contributed by atoms with Crippen LogP contribution in [-0.2, 0) is 19.4 Å². The van der Waals surface area contributed by atoms with E-state index < -0.39 is 15.8 Å². The summed E-state index contributed by atoms with van der Waals surface area (Å²) in [6.45, 7) is 0.435.